The number of hydrogen-bond acceptors (Lipinski definition) is 5. The van der Waals surface area contributed by atoms with Crippen molar-refractivity contribution in [3.05, 3.63) is 96.2 Å². The van der Waals surface area contributed by atoms with Crippen LogP contribution in [0.2, 0.25) is 0 Å². The molecule has 38 heavy (non-hydrogen) atoms. The summed E-state index contributed by atoms with van der Waals surface area (Å²) in [7, 11) is 0. The summed E-state index contributed by atoms with van der Waals surface area (Å²) in [5.74, 6) is -1.31. The van der Waals surface area contributed by atoms with Gasteiger partial charge in [0.1, 0.15) is 23.9 Å². The van der Waals surface area contributed by atoms with Gasteiger partial charge in [-0.2, -0.15) is 0 Å². The molecule has 0 unspecified atom stereocenters. The van der Waals surface area contributed by atoms with Crippen LogP contribution >= 0.6 is 11.8 Å². The first-order chi connectivity index (χ1) is 18.2. The first-order valence-electron chi connectivity index (χ1n) is 12.4. The zero-order valence-electron chi connectivity index (χ0n) is 21.4. The average molecular weight is 528 g/mol. The largest absolute Gasteiger partial charge is 0.459 e. The molecule has 0 bridgehead atoms. The maximum absolute atomic E-state index is 14.2. The Balaban J connectivity index is 1.54. The molecule has 8 heteroatoms. The Morgan fingerprint density at radius 1 is 0.974 bits per heavy atom. The van der Waals surface area contributed by atoms with Crippen molar-refractivity contribution < 1.29 is 19.1 Å². The van der Waals surface area contributed by atoms with Crippen molar-refractivity contribution in [1.29, 1.82) is 0 Å². The molecule has 0 saturated heterocycles. The van der Waals surface area contributed by atoms with Crippen LogP contribution in [-0.2, 0) is 14.3 Å². The highest BCUT2D eigenvalue weighted by Gasteiger charge is 2.40. The topological polar surface area (TPSA) is 91.5 Å². The number of thioether (sulfide) groups is 1. The lowest BCUT2D eigenvalue weighted by atomic mass is 10.0. The van der Waals surface area contributed by atoms with Gasteiger partial charge in [0.2, 0.25) is 0 Å². The Kier molecular flexibility index (Phi) is 6.99. The molecule has 3 aromatic carbocycles. The van der Waals surface area contributed by atoms with Crippen molar-refractivity contribution >= 4 is 46.1 Å². The zero-order chi connectivity index (χ0) is 26.9. The summed E-state index contributed by atoms with van der Waals surface area (Å²) >= 11 is 1.49. The summed E-state index contributed by atoms with van der Waals surface area (Å²) in [6.45, 7) is 5.09. The van der Waals surface area contributed by atoms with E-state index in [9.17, 15) is 14.4 Å². The second kappa shape index (κ2) is 10.4. The summed E-state index contributed by atoms with van der Waals surface area (Å²) in [6.07, 6.45) is 0. The number of aromatic nitrogens is 1. The fourth-order valence-corrected chi connectivity index (χ4v) is 5.87. The molecule has 5 rings (SSSR count). The van der Waals surface area contributed by atoms with Gasteiger partial charge in [0.05, 0.1) is 10.9 Å². The minimum atomic E-state index is -0.948. The number of aromatic amines is 1. The average Bonchev–Trinajstić information content (AvgIpc) is 3.29. The number of para-hydroxylation sites is 2. The molecule has 4 aromatic rings. The molecule has 2 amide bonds. The first kappa shape index (κ1) is 25.6. The summed E-state index contributed by atoms with van der Waals surface area (Å²) < 4.78 is 5.54. The van der Waals surface area contributed by atoms with E-state index in [-0.39, 0.29) is 12.5 Å². The van der Waals surface area contributed by atoms with Gasteiger partial charge in [-0.15, -0.1) is 11.8 Å². The predicted molar refractivity (Wildman–Crippen MR) is 149 cm³/mol. The maximum Gasteiger partial charge on any atom is 0.326 e. The van der Waals surface area contributed by atoms with Gasteiger partial charge >= 0.3 is 5.97 Å². The summed E-state index contributed by atoms with van der Waals surface area (Å²) in [6, 6.07) is 25.5. The van der Waals surface area contributed by atoms with E-state index in [1.807, 2.05) is 78.9 Å². The lowest BCUT2D eigenvalue weighted by Gasteiger charge is -2.29. The summed E-state index contributed by atoms with van der Waals surface area (Å²) in [4.78, 5) is 46.0. The van der Waals surface area contributed by atoms with Crippen molar-refractivity contribution in [1.82, 2.24) is 10.3 Å². The molecule has 7 nitrogen and oxygen atoms in total. The molecular formula is C30H29N3O4S. The highest BCUT2D eigenvalue weighted by molar-refractivity contribution is 7.99. The molecule has 2 heterocycles. The first-order valence-corrected chi connectivity index (χ1v) is 13.3. The van der Waals surface area contributed by atoms with Crippen LogP contribution in [0.1, 0.15) is 42.1 Å². The number of carbonyl (C=O) groups excluding carboxylic acids is 3. The van der Waals surface area contributed by atoms with Gasteiger partial charge in [0.25, 0.3) is 11.8 Å². The van der Waals surface area contributed by atoms with E-state index in [2.05, 4.69) is 10.3 Å². The number of amides is 2. The molecule has 0 saturated carbocycles. The monoisotopic (exact) mass is 527 g/mol. The number of nitrogens with one attached hydrogen (secondary N) is 2. The smallest absolute Gasteiger partial charge is 0.326 e. The lowest BCUT2D eigenvalue weighted by Crippen LogP contribution is -2.52. The third-order valence-corrected chi connectivity index (χ3v) is 7.54. The molecule has 1 aromatic heterocycles. The molecule has 0 spiro atoms. The van der Waals surface area contributed by atoms with Crippen molar-refractivity contribution in [3.63, 3.8) is 0 Å². The van der Waals surface area contributed by atoms with Crippen LogP contribution in [0.5, 0.6) is 0 Å². The number of anilines is 1. The summed E-state index contributed by atoms with van der Waals surface area (Å²) in [5, 5.41) is 3.46. The number of rotatable bonds is 5. The molecule has 0 radical (unpaired) electrons. The van der Waals surface area contributed by atoms with Crippen LogP contribution in [0.25, 0.3) is 10.9 Å². The van der Waals surface area contributed by atoms with Gasteiger partial charge in [-0.3, -0.25) is 19.3 Å². The van der Waals surface area contributed by atoms with Gasteiger partial charge in [0.15, 0.2) is 0 Å². The molecule has 194 valence electrons. The Hall–Kier alpha value is -4.04. The van der Waals surface area contributed by atoms with Crippen molar-refractivity contribution in [2.45, 2.75) is 42.6 Å². The van der Waals surface area contributed by atoms with E-state index >= 15 is 0 Å². The van der Waals surface area contributed by atoms with Crippen molar-refractivity contribution in [3.8, 4) is 0 Å². The van der Waals surface area contributed by atoms with Crippen LogP contribution in [-0.4, -0.2) is 41.0 Å². The third-order valence-electron chi connectivity index (χ3n) is 6.14. The number of fused-ring (bicyclic) bond motifs is 2. The third kappa shape index (κ3) is 5.45. The minimum absolute atomic E-state index is 0.270. The van der Waals surface area contributed by atoms with Crippen LogP contribution in [0.3, 0.4) is 0 Å². The quantitative estimate of drug-likeness (QED) is 0.335. The molecule has 1 aliphatic heterocycles. The van der Waals surface area contributed by atoms with Gasteiger partial charge in [0, 0.05) is 15.8 Å². The van der Waals surface area contributed by atoms with E-state index < -0.39 is 28.8 Å². The van der Waals surface area contributed by atoms with Crippen LogP contribution in [0.15, 0.2) is 89.8 Å². The van der Waals surface area contributed by atoms with Gasteiger partial charge in [-0.1, -0.05) is 60.7 Å². The lowest BCUT2D eigenvalue weighted by molar-refractivity contribution is -0.153. The van der Waals surface area contributed by atoms with Crippen LogP contribution < -0.4 is 10.2 Å². The van der Waals surface area contributed by atoms with E-state index in [1.54, 1.807) is 26.8 Å². The number of carbonyl (C=O) groups is 3. The Bertz CT molecular complexity index is 1460. The fourth-order valence-electron chi connectivity index (χ4n) is 4.52. The van der Waals surface area contributed by atoms with Crippen LogP contribution in [0, 0.1) is 0 Å². The number of nitrogens with zero attached hydrogens (tertiary/aromatic N) is 1. The second-order valence-electron chi connectivity index (χ2n) is 10.1. The van der Waals surface area contributed by atoms with E-state index in [0.29, 0.717) is 11.4 Å². The Labute approximate surface area is 225 Å². The van der Waals surface area contributed by atoms with Gasteiger partial charge in [-0.25, -0.2) is 0 Å². The molecule has 0 aliphatic carbocycles. The number of benzene rings is 3. The molecule has 0 fully saturated rings. The van der Waals surface area contributed by atoms with Crippen molar-refractivity contribution in [2.75, 3.05) is 11.4 Å². The predicted octanol–water partition coefficient (Wildman–Crippen LogP) is 5.49. The van der Waals surface area contributed by atoms with E-state index in [4.69, 9.17) is 4.74 Å². The summed E-state index contributed by atoms with van der Waals surface area (Å²) in [5.41, 5.74) is 1.99. The van der Waals surface area contributed by atoms with Gasteiger partial charge in [-0.05, 0) is 50.6 Å². The highest BCUT2D eigenvalue weighted by atomic mass is 32.2. The SMILES string of the molecule is CC(C)(C)OC(=O)CN1C(=O)[C@H](NC(=O)c2cc3ccccc3[nH]2)[C@@H](c2ccccc2)Sc2ccccc21. The second-order valence-corrected chi connectivity index (χ2v) is 11.3. The number of esters is 1. The molecular weight excluding hydrogens is 498 g/mol. The zero-order valence-corrected chi connectivity index (χ0v) is 22.2. The molecule has 2 atom stereocenters. The Morgan fingerprint density at radius 2 is 1.66 bits per heavy atom. The molecule has 1 aliphatic rings. The van der Waals surface area contributed by atoms with Crippen molar-refractivity contribution in [2.24, 2.45) is 0 Å². The van der Waals surface area contributed by atoms with E-state index in [1.165, 1.54) is 16.7 Å². The highest BCUT2D eigenvalue weighted by Crippen LogP contribution is 2.45. The Morgan fingerprint density at radius 3 is 2.39 bits per heavy atom. The maximum atomic E-state index is 14.2. The standard InChI is InChI=1S/C30H29N3O4S/c1-30(2,3)37-25(34)18-33-23-15-9-10-16-24(23)38-27(19-11-5-4-6-12-19)26(29(33)36)32-28(35)22-17-20-13-7-8-14-21(20)31-22/h4-17,26-27,31H,18H2,1-3H3,(H,32,35)/t26-,27-/m1/s1. The fraction of sp³-hybridized carbons (Fsp3) is 0.233. The van der Waals surface area contributed by atoms with E-state index in [0.717, 1.165) is 21.4 Å². The number of H-pyrrole nitrogens is 1. The molecule has 2 N–H and O–H groups in total. The number of ether oxygens (including phenoxy) is 1. The number of hydrogen-bond donors (Lipinski definition) is 2. The van der Waals surface area contributed by atoms with Crippen LogP contribution in [0.4, 0.5) is 5.69 Å². The minimum Gasteiger partial charge on any atom is -0.459 e. The van der Waals surface area contributed by atoms with Gasteiger partial charge < -0.3 is 15.0 Å². The normalized spacial score (nSPS) is 17.6.